The summed E-state index contributed by atoms with van der Waals surface area (Å²) in [6.07, 6.45) is 11.6. The van der Waals surface area contributed by atoms with Gasteiger partial charge in [-0.3, -0.25) is 9.52 Å². The lowest BCUT2D eigenvalue weighted by atomic mass is 10.1. The Morgan fingerprint density at radius 1 is 0.962 bits per heavy atom. The molecule has 2 N–H and O–H groups in total. The fourth-order valence-corrected chi connectivity index (χ4v) is 3.76. The van der Waals surface area contributed by atoms with Crippen LogP contribution in [-0.2, 0) is 14.8 Å². The van der Waals surface area contributed by atoms with Gasteiger partial charge in [0.2, 0.25) is 10.0 Å². The van der Waals surface area contributed by atoms with Gasteiger partial charge in [-0.15, -0.1) is 0 Å². The van der Waals surface area contributed by atoms with E-state index in [1.54, 1.807) is 24.3 Å². The molecule has 1 aromatic carbocycles. The van der Waals surface area contributed by atoms with Gasteiger partial charge < -0.3 is 5.11 Å². The number of unbranched alkanes of at least 4 members (excludes halogenated alkanes) is 6. The molecule has 1 aromatic rings. The topological polar surface area (TPSA) is 83.5 Å². The Labute approximate surface area is 161 Å². The first-order chi connectivity index (χ1) is 12.4. The number of carboxylic acid groups (broad SMARTS) is 1. The number of halogens is 1. The fraction of sp³-hybridized carbons (Fsp3) is 0.526. The summed E-state index contributed by atoms with van der Waals surface area (Å²) in [6, 6.07) is 6.60. The molecule has 5 nitrogen and oxygen atoms in total. The van der Waals surface area contributed by atoms with Gasteiger partial charge in [0.25, 0.3) is 0 Å². The smallest absolute Gasteiger partial charge is 0.303 e. The molecular weight excluding hydrogens is 374 g/mol. The van der Waals surface area contributed by atoms with E-state index in [9.17, 15) is 13.2 Å². The van der Waals surface area contributed by atoms with Gasteiger partial charge in [-0.2, -0.15) is 0 Å². The maximum absolute atomic E-state index is 12.0. The lowest BCUT2D eigenvalue weighted by Gasteiger charge is -2.08. The van der Waals surface area contributed by atoms with E-state index >= 15 is 0 Å². The van der Waals surface area contributed by atoms with Crippen LogP contribution in [0.4, 0.5) is 5.69 Å². The van der Waals surface area contributed by atoms with Crippen LogP contribution in [0.5, 0.6) is 0 Å². The standard InChI is InChI=1S/C19H28ClNO4S/c20-17-12-14-18(15-13-17)21-26(24,25)16-10-8-6-4-2-1-3-5-7-9-11-19(22)23/h5,7,12-15,21H,1-4,6,8-11,16H2,(H,22,23)/b7-5-. The Hall–Kier alpha value is -1.53. The predicted molar refractivity (Wildman–Crippen MR) is 107 cm³/mol. The predicted octanol–water partition coefficient (Wildman–Crippen LogP) is 5.23. The monoisotopic (exact) mass is 401 g/mol. The Kier molecular flexibility index (Phi) is 11.1. The maximum atomic E-state index is 12.0. The van der Waals surface area contributed by atoms with Crippen molar-refractivity contribution < 1.29 is 18.3 Å². The van der Waals surface area contributed by atoms with Crippen molar-refractivity contribution in [1.29, 1.82) is 0 Å². The van der Waals surface area contributed by atoms with Gasteiger partial charge in [-0.1, -0.05) is 49.4 Å². The molecule has 0 atom stereocenters. The SMILES string of the molecule is O=C(O)CC/C=C\CCCCCCCCS(=O)(=O)Nc1ccc(Cl)cc1. The summed E-state index contributed by atoms with van der Waals surface area (Å²) in [4.78, 5) is 10.3. The van der Waals surface area contributed by atoms with Crippen molar-refractivity contribution in [2.45, 2.75) is 57.8 Å². The molecule has 0 aliphatic heterocycles. The second-order valence-electron chi connectivity index (χ2n) is 6.24. The van der Waals surface area contributed by atoms with Crippen molar-refractivity contribution in [2.24, 2.45) is 0 Å². The molecule has 0 saturated heterocycles. The summed E-state index contributed by atoms with van der Waals surface area (Å²) in [5.74, 6) is -0.637. The number of allylic oxidation sites excluding steroid dienone is 2. The average Bonchev–Trinajstić information content (AvgIpc) is 2.57. The summed E-state index contributed by atoms with van der Waals surface area (Å²) in [5.41, 5.74) is 0.533. The Morgan fingerprint density at radius 2 is 1.54 bits per heavy atom. The zero-order chi connectivity index (χ0) is 19.3. The third kappa shape index (κ3) is 11.9. The van der Waals surface area contributed by atoms with Crippen LogP contribution in [0.2, 0.25) is 5.02 Å². The minimum absolute atomic E-state index is 0.127. The first kappa shape index (κ1) is 22.5. The number of rotatable bonds is 14. The molecule has 0 unspecified atom stereocenters. The molecule has 0 spiro atoms. The van der Waals surface area contributed by atoms with Crippen molar-refractivity contribution in [3.05, 3.63) is 41.4 Å². The van der Waals surface area contributed by atoms with E-state index in [2.05, 4.69) is 4.72 Å². The maximum Gasteiger partial charge on any atom is 0.303 e. The molecule has 0 aliphatic rings. The molecule has 0 heterocycles. The van der Waals surface area contributed by atoms with E-state index in [-0.39, 0.29) is 12.2 Å². The van der Waals surface area contributed by atoms with Gasteiger partial charge in [-0.25, -0.2) is 8.42 Å². The lowest BCUT2D eigenvalue weighted by Crippen LogP contribution is -2.16. The van der Waals surface area contributed by atoms with E-state index in [1.807, 2.05) is 12.2 Å². The molecule has 0 radical (unpaired) electrons. The van der Waals surface area contributed by atoms with Crippen molar-refractivity contribution in [3.8, 4) is 0 Å². The summed E-state index contributed by atoms with van der Waals surface area (Å²) in [5, 5.41) is 9.08. The quantitative estimate of drug-likeness (QED) is 0.330. The minimum Gasteiger partial charge on any atom is -0.481 e. The number of aliphatic carboxylic acids is 1. The second-order valence-corrected chi connectivity index (χ2v) is 8.52. The summed E-state index contributed by atoms with van der Waals surface area (Å²) >= 11 is 5.78. The largest absolute Gasteiger partial charge is 0.481 e. The zero-order valence-corrected chi connectivity index (χ0v) is 16.6. The number of nitrogens with one attached hydrogen (secondary N) is 1. The molecule has 1 rings (SSSR count). The van der Waals surface area contributed by atoms with Gasteiger partial charge in [0.05, 0.1) is 5.75 Å². The highest BCUT2D eigenvalue weighted by atomic mass is 35.5. The van der Waals surface area contributed by atoms with Crippen molar-refractivity contribution in [2.75, 3.05) is 10.5 Å². The first-order valence-corrected chi connectivity index (χ1v) is 11.0. The van der Waals surface area contributed by atoms with Gasteiger partial charge >= 0.3 is 5.97 Å². The highest BCUT2D eigenvalue weighted by Crippen LogP contribution is 2.15. The van der Waals surface area contributed by atoms with Crippen LogP contribution < -0.4 is 4.72 Å². The Bertz CT molecular complexity index is 657. The number of hydrogen-bond acceptors (Lipinski definition) is 3. The normalized spacial score (nSPS) is 11.7. The van der Waals surface area contributed by atoms with Gasteiger partial charge in [0.15, 0.2) is 0 Å². The molecule has 0 amide bonds. The van der Waals surface area contributed by atoms with Crippen molar-refractivity contribution >= 4 is 33.3 Å². The van der Waals surface area contributed by atoms with Gasteiger partial charge in [-0.05, 0) is 49.9 Å². The summed E-state index contributed by atoms with van der Waals surface area (Å²) in [7, 11) is -3.31. The van der Waals surface area contributed by atoms with Crippen LogP contribution in [-0.4, -0.2) is 25.2 Å². The van der Waals surface area contributed by atoms with E-state index < -0.39 is 16.0 Å². The molecule has 7 heteroatoms. The van der Waals surface area contributed by atoms with Crippen LogP contribution in [0.25, 0.3) is 0 Å². The molecule has 0 saturated carbocycles. The van der Waals surface area contributed by atoms with Crippen LogP contribution in [0, 0.1) is 0 Å². The molecule has 0 fully saturated rings. The zero-order valence-electron chi connectivity index (χ0n) is 15.0. The van der Waals surface area contributed by atoms with E-state index in [0.29, 0.717) is 23.6 Å². The number of carbonyl (C=O) groups is 1. The Morgan fingerprint density at radius 3 is 2.19 bits per heavy atom. The number of hydrogen-bond donors (Lipinski definition) is 2. The average molecular weight is 402 g/mol. The van der Waals surface area contributed by atoms with Crippen molar-refractivity contribution in [1.82, 2.24) is 0 Å². The Balaban J connectivity index is 2.02. The first-order valence-electron chi connectivity index (χ1n) is 9.02. The second kappa shape index (κ2) is 12.8. The minimum atomic E-state index is -3.31. The summed E-state index contributed by atoms with van der Waals surface area (Å²) in [6.45, 7) is 0. The van der Waals surface area contributed by atoms with E-state index in [4.69, 9.17) is 16.7 Å². The van der Waals surface area contributed by atoms with Gasteiger partial charge in [0.1, 0.15) is 0 Å². The number of benzene rings is 1. The molecular formula is C19H28ClNO4S. The molecule has 0 aliphatic carbocycles. The third-order valence-corrected chi connectivity index (χ3v) is 5.47. The molecule has 0 bridgehead atoms. The molecule has 146 valence electrons. The summed E-state index contributed by atoms with van der Waals surface area (Å²) < 4.78 is 26.6. The van der Waals surface area contributed by atoms with Crippen LogP contribution >= 0.6 is 11.6 Å². The number of sulfonamides is 1. The molecule has 26 heavy (non-hydrogen) atoms. The van der Waals surface area contributed by atoms with E-state index in [0.717, 1.165) is 38.5 Å². The highest BCUT2D eigenvalue weighted by molar-refractivity contribution is 7.92. The fourth-order valence-electron chi connectivity index (χ4n) is 2.45. The molecule has 0 aromatic heterocycles. The van der Waals surface area contributed by atoms with Crippen molar-refractivity contribution in [3.63, 3.8) is 0 Å². The van der Waals surface area contributed by atoms with Crippen LogP contribution in [0.3, 0.4) is 0 Å². The van der Waals surface area contributed by atoms with Gasteiger partial charge in [0, 0.05) is 17.1 Å². The third-order valence-electron chi connectivity index (χ3n) is 3.84. The van der Waals surface area contributed by atoms with Crippen LogP contribution in [0.15, 0.2) is 36.4 Å². The van der Waals surface area contributed by atoms with E-state index in [1.165, 1.54) is 0 Å². The lowest BCUT2D eigenvalue weighted by molar-refractivity contribution is -0.136. The number of anilines is 1. The van der Waals surface area contributed by atoms with Crippen LogP contribution in [0.1, 0.15) is 57.8 Å². The highest BCUT2D eigenvalue weighted by Gasteiger charge is 2.09. The number of carboxylic acids is 1.